The first kappa shape index (κ1) is 12.3. The van der Waals surface area contributed by atoms with Crippen LogP contribution in [0.2, 0.25) is 0 Å². The van der Waals surface area contributed by atoms with Crippen LogP contribution < -0.4 is 11.1 Å². The Balaban J connectivity index is 2.91. The van der Waals surface area contributed by atoms with Gasteiger partial charge in [-0.3, -0.25) is 4.79 Å². The molecule has 1 atom stereocenters. The first-order chi connectivity index (χ1) is 7.56. The number of hydrogen-bond acceptors (Lipinski definition) is 2. The van der Waals surface area contributed by atoms with Crippen molar-refractivity contribution in [2.24, 2.45) is 5.73 Å². The zero-order chi connectivity index (χ0) is 12.1. The van der Waals surface area contributed by atoms with Crippen LogP contribution in [-0.2, 0) is 4.79 Å². The quantitative estimate of drug-likeness (QED) is 0.761. The van der Waals surface area contributed by atoms with E-state index in [2.05, 4.69) is 5.32 Å². The number of carbonyl (C=O) groups is 1. The van der Waals surface area contributed by atoms with Crippen molar-refractivity contribution in [2.45, 2.75) is 26.8 Å². The van der Waals surface area contributed by atoms with E-state index < -0.39 is 0 Å². The largest absolute Gasteiger partial charge is 0.402 e. The highest BCUT2D eigenvalue weighted by molar-refractivity contribution is 5.66. The van der Waals surface area contributed by atoms with Gasteiger partial charge in [-0.15, -0.1) is 0 Å². The van der Waals surface area contributed by atoms with E-state index in [9.17, 15) is 4.79 Å². The highest BCUT2D eigenvalue weighted by Gasteiger charge is 2.04. The predicted octanol–water partition coefficient (Wildman–Crippen LogP) is 2.20. The van der Waals surface area contributed by atoms with E-state index in [0.29, 0.717) is 6.41 Å². The van der Waals surface area contributed by atoms with Crippen LogP contribution in [0.25, 0.3) is 5.57 Å². The average Bonchev–Trinajstić information content (AvgIpc) is 2.28. The van der Waals surface area contributed by atoms with E-state index in [1.807, 2.05) is 45.0 Å². The predicted molar refractivity (Wildman–Crippen MR) is 66.5 cm³/mol. The lowest BCUT2D eigenvalue weighted by molar-refractivity contribution is -0.110. The van der Waals surface area contributed by atoms with Crippen molar-refractivity contribution in [3.8, 4) is 0 Å². The summed E-state index contributed by atoms with van der Waals surface area (Å²) in [7, 11) is 0. The molecule has 3 heteroatoms. The normalized spacial score (nSPS) is 13.9. The highest BCUT2D eigenvalue weighted by Crippen LogP contribution is 2.19. The standard InChI is InChI=1S/C13H18N2O/c1-9(10(2)14)12-4-6-13(7-5-12)11(3)15-8-16/h4-8,11H,14H2,1-3H3,(H,15,16)/b10-9+/t11-/m0/s1. The third-order valence-corrected chi connectivity index (χ3v) is 2.75. The molecule has 86 valence electrons. The summed E-state index contributed by atoms with van der Waals surface area (Å²) in [6.07, 6.45) is 0.716. The summed E-state index contributed by atoms with van der Waals surface area (Å²) in [5.74, 6) is 0. The van der Waals surface area contributed by atoms with Crippen molar-refractivity contribution in [1.82, 2.24) is 5.32 Å². The lowest BCUT2D eigenvalue weighted by atomic mass is 10.0. The molecule has 0 aliphatic heterocycles. The van der Waals surface area contributed by atoms with Crippen LogP contribution in [-0.4, -0.2) is 6.41 Å². The third kappa shape index (κ3) is 2.86. The minimum atomic E-state index is 0.0369. The summed E-state index contributed by atoms with van der Waals surface area (Å²) in [6.45, 7) is 5.83. The van der Waals surface area contributed by atoms with Gasteiger partial charge in [0.1, 0.15) is 0 Å². The van der Waals surface area contributed by atoms with Crippen LogP contribution in [0.3, 0.4) is 0 Å². The molecule has 0 saturated carbocycles. The van der Waals surface area contributed by atoms with Crippen LogP contribution in [0.15, 0.2) is 30.0 Å². The Morgan fingerprint density at radius 1 is 1.31 bits per heavy atom. The smallest absolute Gasteiger partial charge is 0.207 e. The molecule has 0 bridgehead atoms. The number of benzene rings is 1. The van der Waals surface area contributed by atoms with Gasteiger partial charge in [-0.05, 0) is 37.5 Å². The molecule has 1 aromatic rings. The maximum Gasteiger partial charge on any atom is 0.207 e. The molecule has 3 N–H and O–H groups in total. The Bertz CT molecular complexity index is 389. The third-order valence-electron chi connectivity index (χ3n) is 2.75. The van der Waals surface area contributed by atoms with E-state index in [4.69, 9.17) is 5.73 Å². The number of amides is 1. The number of nitrogens with one attached hydrogen (secondary N) is 1. The first-order valence-corrected chi connectivity index (χ1v) is 5.29. The van der Waals surface area contributed by atoms with E-state index in [0.717, 1.165) is 22.4 Å². The fourth-order valence-corrected chi connectivity index (χ4v) is 1.45. The molecule has 3 nitrogen and oxygen atoms in total. The van der Waals surface area contributed by atoms with Gasteiger partial charge >= 0.3 is 0 Å². The van der Waals surface area contributed by atoms with Crippen molar-refractivity contribution < 1.29 is 4.79 Å². The summed E-state index contributed by atoms with van der Waals surface area (Å²) in [4.78, 5) is 10.3. The summed E-state index contributed by atoms with van der Waals surface area (Å²) in [5, 5.41) is 2.72. The minimum Gasteiger partial charge on any atom is -0.402 e. The Morgan fingerprint density at radius 2 is 1.88 bits per heavy atom. The van der Waals surface area contributed by atoms with Crippen LogP contribution in [0.4, 0.5) is 0 Å². The number of carbonyl (C=O) groups excluding carboxylic acids is 1. The molecule has 1 aromatic carbocycles. The first-order valence-electron chi connectivity index (χ1n) is 5.29. The van der Waals surface area contributed by atoms with E-state index in [-0.39, 0.29) is 6.04 Å². The van der Waals surface area contributed by atoms with Crippen LogP contribution in [0.5, 0.6) is 0 Å². The second kappa shape index (κ2) is 5.35. The molecular weight excluding hydrogens is 200 g/mol. The lowest BCUT2D eigenvalue weighted by Crippen LogP contribution is -2.15. The van der Waals surface area contributed by atoms with Gasteiger partial charge in [0.2, 0.25) is 6.41 Å². The van der Waals surface area contributed by atoms with Gasteiger partial charge in [0.25, 0.3) is 0 Å². The molecule has 1 amide bonds. The Hall–Kier alpha value is -1.77. The van der Waals surface area contributed by atoms with Crippen LogP contribution >= 0.6 is 0 Å². The molecule has 0 aliphatic rings. The zero-order valence-corrected chi connectivity index (χ0v) is 9.95. The molecule has 0 fully saturated rings. The van der Waals surface area contributed by atoms with Gasteiger partial charge in [0.15, 0.2) is 0 Å². The van der Waals surface area contributed by atoms with Crippen molar-refractivity contribution in [3.63, 3.8) is 0 Å². The van der Waals surface area contributed by atoms with Gasteiger partial charge in [0, 0.05) is 5.70 Å². The number of nitrogens with two attached hydrogens (primary N) is 1. The van der Waals surface area contributed by atoms with E-state index >= 15 is 0 Å². The summed E-state index contributed by atoms with van der Waals surface area (Å²) in [5.41, 5.74) is 9.84. The average molecular weight is 218 g/mol. The van der Waals surface area contributed by atoms with Gasteiger partial charge in [0.05, 0.1) is 6.04 Å². The summed E-state index contributed by atoms with van der Waals surface area (Å²) >= 11 is 0. The molecule has 0 unspecified atom stereocenters. The fraction of sp³-hybridized carbons (Fsp3) is 0.308. The van der Waals surface area contributed by atoms with Crippen molar-refractivity contribution in [2.75, 3.05) is 0 Å². The maximum absolute atomic E-state index is 10.3. The van der Waals surface area contributed by atoms with Crippen LogP contribution in [0.1, 0.15) is 37.9 Å². The van der Waals surface area contributed by atoms with Crippen LogP contribution in [0, 0.1) is 0 Å². The SMILES string of the molecule is C/C(N)=C(/C)c1ccc([C@H](C)NC=O)cc1. The van der Waals surface area contributed by atoms with Gasteiger partial charge in [-0.1, -0.05) is 24.3 Å². The molecular formula is C13H18N2O. The second-order valence-corrected chi connectivity index (χ2v) is 3.94. The molecule has 0 spiro atoms. The van der Waals surface area contributed by atoms with E-state index in [1.54, 1.807) is 0 Å². The Kier molecular flexibility index (Phi) is 4.11. The van der Waals surface area contributed by atoms with Crippen molar-refractivity contribution in [3.05, 3.63) is 41.1 Å². The molecule has 0 saturated heterocycles. The van der Waals surface area contributed by atoms with Crippen molar-refractivity contribution in [1.29, 1.82) is 0 Å². The lowest BCUT2D eigenvalue weighted by Gasteiger charge is -2.11. The zero-order valence-electron chi connectivity index (χ0n) is 9.95. The Morgan fingerprint density at radius 3 is 2.31 bits per heavy atom. The fourth-order valence-electron chi connectivity index (χ4n) is 1.45. The number of hydrogen-bond donors (Lipinski definition) is 2. The van der Waals surface area contributed by atoms with Crippen molar-refractivity contribution >= 4 is 12.0 Å². The van der Waals surface area contributed by atoms with Gasteiger partial charge < -0.3 is 11.1 Å². The minimum absolute atomic E-state index is 0.0369. The van der Waals surface area contributed by atoms with E-state index in [1.165, 1.54) is 0 Å². The molecule has 0 aliphatic carbocycles. The molecule has 1 rings (SSSR count). The number of rotatable bonds is 4. The topological polar surface area (TPSA) is 55.1 Å². The maximum atomic E-state index is 10.3. The molecule has 0 radical (unpaired) electrons. The molecule has 0 aromatic heterocycles. The number of allylic oxidation sites excluding steroid dienone is 2. The monoisotopic (exact) mass is 218 g/mol. The summed E-state index contributed by atoms with van der Waals surface area (Å²) < 4.78 is 0. The second-order valence-electron chi connectivity index (χ2n) is 3.94. The van der Waals surface area contributed by atoms with Gasteiger partial charge in [-0.25, -0.2) is 0 Å². The molecule has 0 heterocycles. The highest BCUT2D eigenvalue weighted by atomic mass is 16.1. The summed E-state index contributed by atoms with van der Waals surface area (Å²) in [6, 6.07) is 8.08. The Labute approximate surface area is 96.3 Å². The molecule has 16 heavy (non-hydrogen) atoms. The van der Waals surface area contributed by atoms with Gasteiger partial charge in [-0.2, -0.15) is 0 Å².